The number of guanidine groups is 1. The monoisotopic (exact) mass is 441 g/mol. The predicted octanol–water partition coefficient (Wildman–Crippen LogP) is 0.281. The molecule has 10 nitrogen and oxygen atoms in total. The molecule has 10 heteroatoms. The van der Waals surface area contributed by atoms with Gasteiger partial charge in [0, 0.05) is 39.6 Å². The summed E-state index contributed by atoms with van der Waals surface area (Å²) in [5, 5.41) is 0. The Morgan fingerprint density at radius 3 is 2.59 bits per heavy atom. The summed E-state index contributed by atoms with van der Waals surface area (Å²) < 4.78 is 12.7. The topological polar surface area (TPSA) is 80.9 Å². The van der Waals surface area contributed by atoms with E-state index in [0.29, 0.717) is 32.1 Å². The Balaban J connectivity index is 1.40. The molecular weight excluding hydrogens is 412 g/mol. The zero-order valence-corrected chi connectivity index (χ0v) is 18.6. The Kier molecular flexibility index (Phi) is 5.56. The third kappa shape index (κ3) is 3.53. The molecule has 0 saturated carbocycles. The molecule has 2 fully saturated rings. The van der Waals surface area contributed by atoms with E-state index in [4.69, 9.17) is 14.5 Å². The number of hydrogen-bond acceptors (Lipinski definition) is 7. The molecule has 0 spiro atoms. The minimum absolute atomic E-state index is 0.188. The van der Waals surface area contributed by atoms with Crippen molar-refractivity contribution >= 4 is 29.4 Å². The molecule has 4 heterocycles. The Labute approximate surface area is 187 Å². The van der Waals surface area contributed by atoms with Gasteiger partial charge in [-0.3, -0.25) is 19.5 Å². The number of carbonyl (C=O) groups is 2. The van der Waals surface area contributed by atoms with Gasteiger partial charge >= 0.3 is 12.0 Å². The molecular formula is C22H29N6O4+. The van der Waals surface area contributed by atoms with Crippen LogP contribution in [-0.4, -0.2) is 116 Å². The Bertz CT molecular complexity index is 969. The first-order valence-corrected chi connectivity index (χ1v) is 11.1. The smallest absolute Gasteiger partial charge is 0.397 e. The summed E-state index contributed by atoms with van der Waals surface area (Å²) in [6.07, 6.45) is 0.896. The van der Waals surface area contributed by atoms with Gasteiger partial charge in [-0.05, 0) is 24.3 Å². The number of likely N-dealkylation sites (N-methyl/N-ethyl adjacent to an activating group) is 1. The maximum Gasteiger partial charge on any atom is 0.397 e. The lowest BCUT2D eigenvalue weighted by molar-refractivity contribution is -0.539. The summed E-state index contributed by atoms with van der Waals surface area (Å²) in [6.45, 7) is 5.58. The highest BCUT2D eigenvalue weighted by molar-refractivity contribution is 6.24. The molecule has 32 heavy (non-hydrogen) atoms. The molecule has 5 rings (SSSR count). The number of imide groups is 1. The predicted molar refractivity (Wildman–Crippen MR) is 118 cm³/mol. The molecule has 1 unspecified atom stereocenters. The van der Waals surface area contributed by atoms with Crippen LogP contribution in [0.4, 0.5) is 10.5 Å². The summed E-state index contributed by atoms with van der Waals surface area (Å²) in [4.78, 5) is 38.5. The van der Waals surface area contributed by atoms with Crippen LogP contribution in [0.5, 0.6) is 5.75 Å². The van der Waals surface area contributed by atoms with Crippen molar-refractivity contribution in [2.45, 2.75) is 12.5 Å². The maximum absolute atomic E-state index is 13.5. The largest absolute Gasteiger partial charge is 0.497 e. The lowest BCUT2D eigenvalue weighted by Gasteiger charge is -2.36. The van der Waals surface area contributed by atoms with Gasteiger partial charge in [-0.2, -0.15) is 0 Å². The fraction of sp³-hybridized carbons (Fsp3) is 0.545. The first-order chi connectivity index (χ1) is 15.6. The second-order valence-corrected chi connectivity index (χ2v) is 8.35. The molecule has 0 bridgehead atoms. The van der Waals surface area contributed by atoms with Gasteiger partial charge in [-0.1, -0.05) is 4.99 Å². The molecule has 1 atom stereocenters. The van der Waals surface area contributed by atoms with Crippen LogP contribution in [0.15, 0.2) is 29.3 Å². The van der Waals surface area contributed by atoms with Crippen LogP contribution in [0.2, 0.25) is 0 Å². The van der Waals surface area contributed by atoms with E-state index < -0.39 is 6.04 Å². The van der Waals surface area contributed by atoms with Gasteiger partial charge in [0.1, 0.15) is 11.4 Å². The zero-order chi connectivity index (χ0) is 22.2. The molecule has 170 valence electrons. The van der Waals surface area contributed by atoms with Crippen molar-refractivity contribution in [3.63, 3.8) is 0 Å². The van der Waals surface area contributed by atoms with Crippen molar-refractivity contribution in [3.05, 3.63) is 24.3 Å². The minimum atomic E-state index is -0.557. The van der Waals surface area contributed by atoms with Crippen molar-refractivity contribution in [1.82, 2.24) is 14.7 Å². The number of benzene rings is 1. The fourth-order valence-corrected chi connectivity index (χ4v) is 4.73. The lowest BCUT2D eigenvalue weighted by Crippen LogP contribution is -2.64. The first kappa shape index (κ1) is 20.9. The van der Waals surface area contributed by atoms with E-state index in [1.807, 2.05) is 28.8 Å². The van der Waals surface area contributed by atoms with Crippen LogP contribution in [0.3, 0.4) is 0 Å². The Hall–Kier alpha value is -2.98. The number of amides is 3. The van der Waals surface area contributed by atoms with Crippen molar-refractivity contribution in [1.29, 1.82) is 0 Å². The highest BCUT2D eigenvalue weighted by Gasteiger charge is 2.54. The first-order valence-electron chi connectivity index (χ1n) is 11.1. The third-order valence-electron chi connectivity index (χ3n) is 6.54. The number of anilines is 1. The minimum Gasteiger partial charge on any atom is -0.497 e. The number of nitrogens with zero attached hydrogens (tertiary/aromatic N) is 6. The van der Waals surface area contributed by atoms with E-state index in [9.17, 15) is 9.59 Å². The summed E-state index contributed by atoms with van der Waals surface area (Å²) >= 11 is 0. The fourth-order valence-electron chi connectivity index (χ4n) is 4.73. The molecule has 2 saturated heterocycles. The average molecular weight is 442 g/mol. The summed E-state index contributed by atoms with van der Waals surface area (Å²) in [5.74, 6) is 1.84. The molecule has 1 aromatic rings. The van der Waals surface area contributed by atoms with Gasteiger partial charge in [0.05, 0.1) is 33.4 Å². The maximum atomic E-state index is 13.5. The average Bonchev–Trinajstić information content (AvgIpc) is 3.23. The molecule has 0 aromatic heterocycles. The normalized spacial score (nSPS) is 24.0. The van der Waals surface area contributed by atoms with Crippen molar-refractivity contribution in [3.8, 4) is 5.75 Å². The van der Waals surface area contributed by atoms with Crippen LogP contribution in [0.1, 0.15) is 6.42 Å². The molecule has 1 aromatic carbocycles. The second-order valence-electron chi connectivity index (χ2n) is 8.35. The van der Waals surface area contributed by atoms with Crippen LogP contribution < -0.4 is 9.64 Å². The van der Waals surface area contributed by atoms with Gasteiger partial charge in [0.15, 0.2) is 0 Å². The van der Waals surface area contributed by atoms with Gasteiger partial charge in [-0.25, -0.2) is 14.3 Å². The van der Waals surface area contributed by atoms with Crippen molar-refractivity contribution < 1.29 is 23.6 Å². The Morgan fingerprint density at radius 2 is 1.88 bits per heavy atom. The van der Waals surface area contributed by atoms with E-state index in [2.05, 4.69) is 9.80 Å². The second kappa shape index (κ2) is 8.51. The summed E-state index contributed by atoms with van der Waals surface area (Å²) in [6, 6.07) is 6.94. The summed E-state index contributed by atoms with van der Waals surface area (Å²) in [5.41, 5.74) is 0.985. The number of fused-ring (bicyclic) bond motifs is 2. The van der Waals surface area contributed by atoms with Crippen LogP contribution >= 0.6 is 0 Å². The standard InChI is InChI=1S/C22H29N6O4/c1-24-19-18(20(29)28(22(24)30)11-10-25-12-14-32-15-13-25)27-9-3-8-26(21(27)23-19)16-4-6-17(31-2)7-5-16/h4-7,18H,3,8-15H2,1-2H3/q+1. The van der Waals surface area contributed by atoms with Gasteiger partial charge in [0.2, 0.25) is 11.9 Å². The number of rotatable bonds is 5. The van der Waals surface area contributed by atoms with Crippen molar-refractivity contribution in [2.24, 2.45) is 4.99 Å². The van der Waals surface area contributed by atoms with Gasteiger partial charge in [-0.15, -0.1) is 0 Å². The number of carbonyl (C=O) groups excluding carboxylic acids is 2. The van der Waals surface area contributed by atoms with Gasteiger partial charge in [0.25, 0.3) is 5.91 Å². The summed E-state index contributed by atoms with van der Waals surface area (Å²) in [7, 11) is 3.35. The zero-order valence-electron chi connectivity index (χ0n) is 18.6. The number of methoxy groups -OCH3 is 1. The van der Waals surface area contributed by atoms with Crippen LogP contribution in [0, 0.1) is 0 Å². The van der Waals surface area contributed by atoms with E-state index >= 15 is 0 Å². The number of amidine groups is 1. The van der Waals surface area contributed by atoms with E-state index in [1.165, 1.54) is 9.80 Å². The SMILES string of the molecule is COc1ccc(N2CCC[N+]3=C2N=C2C3C(=O)N(CCN3CCOCC3)C(=O)N2C)cc1. The molecule has 4 aliphatic heterocycles. The molecule has 4 aliphatic rings. The molecule has 0 N–H and O–H groups in total. The number of morpholine rings is 1. The van der Waals surface area contributed by atoms with Crippen LogP contribution in [-0.2, 0) is 9.53 Å². The van der Waals surface area contributed by atoms with Crippen molar-refractivity contribution in [2.75, 3.05) is 71.5 Å². The van der Waals surface area contributed by atoms with E-state index in [1.54, 1.807) is 14.2 Å². The third-order valence-corrected chi connectivity index (χ3v) is 6.54. The van der Waals surface area contributed by atoms with Crippen LogP contribution in [0.25, 0.3) is 0 Å². The number of ether oxygens (including phenoxy) is 2. The number of aliphatic imine (C=N–C) groups is 1. The number of hydrogen-bond donors (Lipinski definition) is 0. The van der Waals surface area contributed by atoms with E-state index in [-0.39, 0.29) is 11.9 Å². The molecule has 0 aliphatic carbocycles. The number of urea groups is 1. The Morgan fingerprint density at radius 1 is 1.12 bits per heavy atom. The highest BCUT2D eigenvalue weighted by atomic mass is 16.5. The highest BCUT2D eigenvalue weighted by Crippen LogP contribution is 2.27. The molecule has 0 radical (unpaired) electrons. The van der Waals surface area contributed by atoms with E-state index in [0.717, 1.165) is 50.0 Å². The van der Waals surface area contributed by atoms with Gasteiger partial charge < -0.3 is 9.47 Å². The lowest BCUT2D eigenvalue weighted by atomic mass is 10.1. The quantitative estimate of drug-likeness (QED) is 0.611. The molecule has 3 amide bonds.